The van der Waals surface area contributed by atoms with E-state index in [4.69, 9.17) is 14.6 Å². The molecule has 0 saturated carbocycles. The first-order valence-electron chi connectivity index (χ1n) is 6.57. The van der Waals surface area contributed by atoms with Crippen LogP contribution in [0.25, 0.3) is 11.3 Å². The molecule has 1 N–H and O–H groups in total. The molecule has 1 heterocycles. The Morgan fingerprint density at radius 3 is 2.55 bits per heavy atom. The number of aryl methyl sites for hydroxylation is 1. The number of ether oxygens (including phenoxy) is 2. The van der Waals surface area contributed by atoms with Crippen LogP contribution >= 0.6 is 0 Å². The maximum atomic E-state index is 11.7. The molecule has 0 unspecified atom stereocenters. The van der Waals surface area contributed by atoms with Gasteiger partial charge < -0.3 is 14.6 Å². The van der Waals surface area contributed by atoms with Crippen molar-refractivity contribution < 1.29 is 19.4 Å². The van der Waals surface area contributed by atoms with Gasteiger partial charge in [-0.3, -0.25) is 9.59 Å². The zero-order chi connectivity index (χ0) is 16.1. The van der Waals surface area contributed by atoms with Crippen LogP contribution in [0.4, 0.5) is 0 Å². The minimum atomic E-state index is -0.981. The summed E-state index contributed by atoms with van der Waals surface area (Å²) in [6.45, 7) is 0.0231. The zero-order valence-corrected chi connectivity index (χ0v) is 12.3. The number of aromatic nitrogens is 2. The highest BCUT2D eigenvalue weighted by atomic mass is 16.5. The van der Waals surface area contributed by atoms with E-state index in [1.807, 2.05) is 0 Å². The second-order valence-corrected chi connectivity index (χ2v) is 4.49. The summed E-state index contributed by atoms with van der Waals surface area (Å²) in [6.07, 6.45) is -0.164. The number of aliphatic carboxylic acids is 1. The Kier molecular flexibility index (Phi) is 4.77. The summed E-state index contributed by atoms with van der Waals surface area (Å²) in [5.74, 6) is 0.153. The van der Waals surface area contributed by atoms with E-state index in [9.17, 15) is 9.59 Å². The Balaban J connectivity index is 2.38. The van der Waals surface area contributed by atoms with Crippen molar-refractivity contribution in [3.8, 4) is 22.8 Å². The van der Waals surface area contributed by atoms with E-state index in [2.05, 4.69) is 5.10 Å². The molecule has 0 fully saturated rings. The normalized spacial score (nSPS) is 10.3. The van der Waals surface area contributed by atoms with Gasteiger partial charge in [-0.25, -0.2) is 4.68 Å². The minimum absolute atomic E-state index is 0.0231. The fraction of sp³-hybridized carbons (Fsp3) is 0.267. The second kappa shape index (κ2) is 6.75. The summed E-state index contributed by atoms with van der Waals surface area (Å²) in [6, 6.07) is 8.22. The molecule has 1 aromatic heterocycles. The molecule has 0 bridgehead atoms. The third kappa shape index (κ3) is 3.43. The Morgan fingerprint density at radius 1 is 1.18 bits per heavy atom. The molecule has 22 heavy (non-hydrogen) atoms. The van der Waals surface area contributed by atoms with Crippen LogP contribution in [-0.4, -0.2) is 35.1 Å². The Labute approximate surface area is 126 Å². The van der Waals surface area contributed by atoms with Crippen LogP contribution in [0.2, 0.25) is 0 Å². The van der Waals surface area contributed by atoms with Crippen molar-refractivity contribution in [3.63, 3.8) is 0 Å². The van der Waals surface area contributed by atoms with Gasteiger partial charge in [-0.15, -0.1) is 0 Å². The van der Waals surface area contributed by atoms with Gasteiger partial charge in [0, 0.05) is 11.6 Å². The van der Waals surface area contributed by atoms with Crippen molar-refractivity contribution in [1.82, 2.24) is 9.78 Å². The maximum absolute atomic E-state index is 11.7. The quantitative estimate of drug-likeness (QED) is 0.867. The highest BCUT2D eigenvalue weighted by molar-refractivity contribution is 5.66. The van der Waals surface area contributed by atoms with Crippen LogP contribution in [0.1, 0.15) is 6.42 Å². The molecule has 0 aliphatic rings. The molecule has 116 valence electrons. The van der Waals surface area contributed by atoms with Gasteiger partial charge in [-0.2, -0.15) is 5.10 Å². The summed E-state index contributed by atoms with van der Waals surface area (Å²) in [5, 5.41) is 12.9. The Morgan fingerprint density at radius 2 is 1.91 bits per heavy atom. The average Bonchev–Trinajstić information content (AvgIpc) is 2.53. The third-order valence-electron chi connectivity index (χ3n) is 3.08. The fourth-order valence-electron chi connectivity index (χ4n) is 1.96. The minimum Gasteiger partial charge on any atom is -0.493 e. The van der Waals surface area contributed by atoms with Crippen LogP contribution in [0.15, 0.2) is 35.1 Å². The van der Waals surface area contributed by atoms with E-state index in [0.29, 0.717) is 17.2 Å². The number of carboxylic acids is 1. The lowest BCUT2D eigenvalue weighted by Crippen LogP contribution is -2.23. The predicted octanol–water partition coefficient (Wildman–Crippen LogP) is 1.40. The predicted molar refractivity (Wildman–Crippen MR) is 79.3 cm³/mol. The van der Waals surface area contributed by atoms with Crippen molar-refractivity contribution in [2.45, 2.75) is 13.0 Å². The largest absolute Gasteiger partial charge is 0.493 e. The second-order valence-electron chi connectivity index (χ2n) is 4.49. The smallest absolute Gasteiger partial charge is 0.305 e. The van der Waals surface area contributed by atoms with Crippen molar-refractivity contribution in [3.05, 3.63) is 40.7 Å². The topological polar surface area (TPSA) is 90.7 Å². The molecule has 0 radical (unpaired) electrons. The number of benzene rings is 1. The monoisotopic (exact) mass is 304 g/mol. The molecule has 2 rings (SSSR count). The van der Waals surface area contributed by atoms with Gasteiger partial charge >= 0.3 is 5.97 Å². The highest BCUT2D eigenvalue weighted by Gasteiger charge is 2.09. The summed E-state index contributed by atoms with van der Waals surface area (Å²) in [4.78, 5) is 22.3. The number of hydrogen-bond donors (Lipinski definition) is 1. The van der Waals surface area contributed by atoms with Crippen LogP contribution < -0.4 is 15.0 Å². The molecule has 7 nitrogen and oxygen atoms in total. The van der Waals surface area contributed by atoms with Crippen LogP contribution in [0.5, 0.6) is 11.5 Å². The SMILES string of the molecule is COc1ccc(-c2ccc(=O)n(CCC(=O)O)n2)cc1OC. The van der Waals surface area contributed by atoms with Gasteiger partial charge in [-0.05, 0) is 24.3 Å². The molecule has 0 amide bonds. The Bertz CT molecular complexity index is 739. The average molecular weight is 304 g/mol. The number of carbonyl (C=O) groups is 1. The first-order valence-corrected chi connectivity index (χ1v) is 6.57. The lowest BCUT2D eigenvalue weighted by molar-refractivity contribution is -0.137. The lowest BCUT2D eigenvalue weighted by Gasteiger charge is -2.10. The van der Waals surface area contributed by atoms with Crippen LogP contribution in [0, 0.1) is 0 Å². The standard InChI is InChI=1S/C15H16N2O5/c1-21-12-5-3-10(9-13(12)22-2)11-4-6-14(18)17(16-11)8-7-15(19)20/h3-6,9H,7-8H2,1-2H3,(H,19,20). The van der Waals surface area contributed by atoms with Crippen LogP contribution in [0.3, 0.4) is 0 Å². The van der Waals surface area contributed by atoms with E-state index >= 15 is 0 Å². The zero-order valence-electron chi connectivity index (χ0n) is 12.3. The summed E-state index contributed by atoms with van der Waals surface area (Å²) >= 11 is 0. The number of methoxy groups -OCH3 is 2. The van der Waals surface area contributed by atoms with Crippen molar-refractivity contribution in [1.29, 1.82) is 0 Å². The molecule has 2 aromatic rings. The molecule has 7 heteroatoms. The van der Waals surface area contributed by atoms with Gasteiger partial charge in [-0.1, -0.05) is 0 Å². The number of rotatable bonds is 6. The van der Waals surface area contributed by atoms with Gasteiger partial charge in [0.15, 0.2) is 11.5 Å². The van der Waals surface area contributed by atoms with E-state index in [1.54, 1.807) is 31.4 Å². The van der Waals surface area contributed by atoms with Crippen molar-refractivity contribution in [2.24, 2.45) is 0 Å². The van der Waals surface area contributed by atoms with Crippen LogP contribution in [-0.2, 0) is 11.3 Å². The molecular weight excluding hydrogens is 288 g/mol. The number of hydrogen-bond acceptors (Lipinski definition) is 5. The highest BCUT2D eigenvalue weighted by Crippen LogP contribution is 2.31. The van der Waals surface area contributed by atoms with Gasteiger partial charge in [0.05, 0.1) is 32.9 Å². The maximum Gasteiger partial charge on any atom is 0.305 e. The number of nitrogens with zero attached hydrogens (tertiary/aromatic N) is 2. The number of carboxylic acid groups (broad SMARTS) is 1. The summed E-state index contributed by atoms with van der Waals surface area (Å²) in [7, 11) is 3.07. The molecule has 1 aromatic carbocycles. The molecule has 0 aliphatic carbocycles. The van der Waals surface area contributed by atoms with E-state index in [0.717, 1.165) is 10.2 Å². The first-order chi connectivity index (χ1) is 10.5. The molecule has 0 aliphatic heterocycles. The van der Waals surface area contributed by atoms with Gasteiger partial charge in [0.1, 0.15) is 0 Å². The lowest BCUT2D eigenvalue weighted by atomic mass is 10.1. The fourth-order valence-corrected chi connectivity index (χ4v) is 1.96. The molecule has 0 spiro atoms. The van der Waals surface area contributed by atoms with Gasteiger partial charge in [0.2, 0.25) is 0 Å². The summed E-state index contributed by atoms with van der Waals surface area (Å²) in [5.41, 5.74) is 0.943. The van der Waals surface area contributed by atoms with Crippen molar-refractivity contribution >= 4 is 5.97 Å². The van der Waals surface area contributed by atoms with Crippen molar-refractivity contribution in [2.75, 3.05) is 14.2 Å². The van der Waals surface area contributed by atoms with E-state index in [1.165, 1.54) is 13.2 Å². The molecule has 0 atom stereocenters. The Hall–Kier alpha value is -2.83. The van der Waals surface area contributed by atoms with E-state index < -0.39 is 5.97 Å². The van der Waals surface area contributed by atoms with Gasteiger partial charge in [0.25, 0.3) is 5.56 Å². The first kappa shape index (κ1) is 15.6. The molecular formula is C15H16N2O5. The van der Waals surface area contributed by atoms with E-state index in [-0.39, 0.29) is 18.5 Å². The summed E-state index contributed by atoms with van der Waals surface area (Å²) < 4.78 is 11.5. The third-order valence-corrected chi connectivity index (χ3v) is 3.08. The molecule has 0 saturated heterocycles.